The van der Waals surface area contributed by atoms with Crippen LogP contribution in [0.3, 0.4) is 0 Å². The molecule has 0 spiro atoms. The van der Waals surface area contributed by atoms with Gasteiger partial charge in [-0.05, 0) is 34.1 Å². The minimum Gasteiger partial charge on any atom is -0.459 e. The highest BCUT2D eigenvalue weighted by Crippen LogP contribution is 2.17. The summed E-state index contributed by atoms with van der Waals surface area (Å²) in [5.74, 6) is 0.259. The van der Waals surface area contributed by atoms with Gasteiger partial charge in [-0.1, -0.05) is 6.92 Å². The van der Waals surface area contributed by atoms with E-state index in [9.17, 15) is 4.79 Å². The first kappa shape index (κ1) is 14.8. The Kier molecular flexibility index (Phi) is 6.29. The monoisotopic (exact) mass is 233 g/mol. The minimum atomic E-state index is -0.387. The number of hydrogen-bond donors (Lipinski definition) is 1. The Labute approximate surface area is 97.1 Å². The van der Waals surface area contributed by atoms with Crippen LogP contribution in [-0.2, 0) is 9.53 Å². The average molecular weight is 233 g/mol. The fraction of sp³-hybridized carbons (Fsp3) is 0.909. The fourth-order valence-corrected chi connectivity index (χ4v) is 2.09. The summed E-state index contributed by atoms with van der Waals surface area (Å²) in [4.78, 5) is 11.4. The first-order valence-electron chi connectivity index (χ1n) is 5.29. The molecule has 0 aliphatic heterocycles. The third kappa shape index (κ3) is 10.1. The molecule has 0 fully saturated rings. The minimum absolute atomic E-state index is 0.149. The van der Waals surface area contributed by atoms with E-state index in [1.807, 2.05) is 27.7 Å². The number of carbonyl (C=O) groups is 1. The predicted molar refractivity (Wildman–Crippen MR) is 66.0 cm³/mol. The highest BCUT2D eigenvalue weighted by Gasteiger charge is 2.17. The second-order valence-electron chi connectivity index (χ2n) is 4.92. The lowest BCUT2D eigenvalue weighted by atomic mass is 10.2. The Morgan fingerprint density at radius 3 is 2.33 bits per heavy atom. The Morgan fingerprint density at radius 1 is 1.40 bits per heavy atom. The molecule has 0 bridgehead atoms. The molecule has 0 heterocycles. The lowest BCUT2D eigenvalue weighted by Crippen LogP contribution is -2.26. The van der Waals surface area contributed by atoms with Crippen LogP contribution in [0.4, 0.5) is 0 Å². The molecule has 0 saturated heterocycles. The molecule has 0 saturated carbocycles. The molecule has 0 amide bonds. The maximum Gasteiger partial charge on any atom is 0.316 e. The lowest BCUT2D eigenvalue weighted by molar-refractivity contribution is -0.151. The number of ether oxygens (including phenoxy) is 1. The van der Waals surface area contributed by atoms with E-state index in [-0.39, 0.29) is 17.6 Å². The van der Waals surface area contributed by atoms with Crippen molar-refractivity contribution in [1.82, 2.24) is 0 Å². The van der Waals surface area contributed by atoms with Crippen LogP contribution in [0.15, 0.2) is 0 Å². The zero-order chi connectivity index (χ0) is 12.1. The van der Waals surface area contributed by atoms with E-state index in [2.05, 4.69) is 6.92 Å². The van der Waals surface area contributed by atoms with Crippen molar-refractivity contribution < 1.29 is 9.53 Å². The average Bonchev–Trinajstić information content (AvgIpc) is 1.96. The van der Waals surface area contributed by atoms with Crippen LogP contribution < -0.4 is 5.73 Å². The van der Waals surface area contributed by atoms with E-state index < -0.39 is 0 Å². The molecule has 0 rings (SSSR count). The van der Waals surface area contributed by atoms with Crippen LogP contribution >= 0.6 is 11.8 Å². The first-order valence-corrected chi connectivity index (χ1v) is 6.34. The summed E-state index contributed by atoms with van der Waals surface area (Å²) in [6, 6.07) is 0.186. The summed E-state index contributed by atoms with van der Waals surface area (Å²) in [5, 5.41) is 0.400. The van der Waals surface area contributed by atoms with Crippen LogP contribution in [0.1, 0.15) is 41.0 Å². The normalized spacial score (nSPS) is 15.9. The van der Waals surface area contributed by atoms with Gasteiger partial charge in [-0.2, -0.15) is 0 Å². The van der Waals surface area contributed by atoms with E-state index in [1.54, 1.807) is 11.8 Å². The van der Waals surface area contributed by atoms with Crippen molar-refractivity contribution in [3.63, 3.8) is 0 Å². The molecule has 2 unspecified atom stereocenters. The van der Waals surface area contributed by atoms with Crippen molar-refractivity contribution in [2.75, 3.05) is 5.75 Å². The highest BCUT2D eigenvalue weighted by molar-refractivity contribution is 8.00. The van der Waals surface area contributed by atoms with E-state index in [1.165, 1.54) is 0 Å². The van der Waals surface area contributed by atoms with Gasteiger partial charge in [0, 0.05) is 11.3 Å². The molecule has 4 heteroatoms. The molecule has 0 aromatic rings. The van der Waals surface area contributed by atoms with Crippen molar-refractivity contribution in [2.24, 2.45) is 5.73 Å². The summed E-state index contributed by atoms with van der Waals surface area (Å²) in [6.45, 7) is 9.69. The highest BCUT2D eigenvalue weighted by atomic mass is 32.2. The van der Waals surface area contributed by atoms with Gasteiger partial charge in [0.15, 0.2) is 0 Å². The van der Waals surface area contributed by atoms with Crippen molar-refractivity contribution in [3.8, 4) is 0 Å². The summed E-state index contributed by atoms with van der Waals surface area (Å²) >= 11 is 1.60. The predicted octanol–water partition coefficient (Wildman–Crippen LogP) is 2.19. The van der Waals surface area contributed by atoms with Crippen molar-refractivity contribution in [2.45, 2.75) is 57.9 Å². The molecule has 90 valence electrons. The quantitative estimate of drug-likeness (QED) is 0.740. The lowest BCUT2D eigenvalue weighted by Gasteiger charge is -2.20. The van der Waals surface area contributed by atoms with Gasteiger partial charge in [-0.15, -0.1) is 11.8 Å². The van der Waals surface area contributed by atoms with Crippen molar-refractivity contribution >= 4 is 17.7 Å². The third-order valence-electron chi connectivity index (χ3n) is 1.61. The summed E-state index contributed by atoms with van der Waals surface area (Å²) in [6.07, 6.45) is 0.924. The SMILES string of the molecule is CC(N)CC(C)SCC(=O)OC(C)(C)C. The topological polar surface area (TPSA) is 52.3 Å². The Bertz CT molecular complexity index is 199. The fourth-order valence-electron chi connectivity index (χ4n) is 1.17. The van der Waals surface area contributed by atoms with Crippen molar-refractivity contribution in [3.05, 3.63) is 0 Å². The molecule has 3 nitrogen and oxygen atoms in total. The number of thioether (sulfide) groups is 1. The van der Waals surface area contributed by atoms with E-state index in [0.29, 0.717) is 11.0 Å². The van der Waals surface area contributed by atoms with Crippen LogP contribution in [0.25, 0.3) is 0 Å². The molecule has 0 aliphatic rings. The molecule has 2 atom stereocenters. The van der Waals surface area contributed by atoms with Gasteiger partial charge >= 0.3 is 5.97 Å². The van der Waals surface area contributed by atoms with Gasteiger partial charge in [0.05, 0.1) is 5.75 Å². The molecule has 2 N–H and O–H groups in total. The second kappa shape index (κ2) is 6.38. The Morgan fingerprint density at radius 2 is 1.93 bits per heavy atom. The standard InChI is InChI=1S/C11H23NO2S/c1-8(12)6-9(2)15-7-10(13)14-11(3,4)5/h8-9H,6-7,12H2,1-5H3. The molecule has 0 radical (unpaired) electrons. The van der Waals surface area contributed by atoms with E-state index >= 15 is 0 Å². The van der Waals surface area contributed by atoms with Gasteiger partial charge in [0.1, 0.15) is 5.60 Å². The van der Waals surface area contributed by atoms with Gasteiger partial charge in [0.2, 0.25) is 0 Å². The Hall–Kier alpha value is -0.220. The summed E-state index contributed by atoms with van der Waals surface area (Å²) in [7, 11) is 0. The van der Waals surface area contributed by atoms with Gasteiger partial charge < -0.3 is 10.5 Å². The molecular weight excluding hydrogens is 210 g/mol. The number of hydrogen-bond acceptors (Lipinski definition) is 4. The van der Waals surface area contributed by atoms with Crippen LogP contribution in [0.5, 0.6) is 0 Å². The molecule has 15 heavy (non-hydrogen) atoms. The van der Waals surface area contributed by atoms with Crippen LogP contribution in [-0.4, -0.2) is 28.6 Å². The molecule has 0 aromatic heterocycles. The first-order chi connectivity index (χ1) is 6.70. The molecule has 0 aliphatic carbocycles. The maximum absolute atomic E-state index is 11.4. The van der Waals surface area contributed by atoms with E-state index in [4.69, 9.17) is 10.5 Å². The number of carbonyl (C=O) groups excluding carboxylic acids is 1. The third-order valence-corrected chi connectivity index (χ3v) is 2.77. The Balaban J connectivity index is 3.72. The van der Waals surface area contributed by atoms with Gasteiger partial charge in [0.25, 0.3) is 0 Å². The number of rotatable bonds is 5. The van der Waals surface area contributed by atoms with E-state index in [0.717, 1.165) is 6.42 Å². The smallest absolute Gasteiger partial charge is 0.316 e. The van der Waals surface area contributed by atoms with Crippen LogP contribution in [0, 0.1) is 0 Å². The summed E-state index contributed by atoms with van der Waals surface area (Å²) < 4.78 is 5.20. The van der Waals surface area contributed by atoms with Gasteiger partial charge in [-0.3, -0.25) is 4.79 Å². The number of esters is 1. The zero-order valence-corrected chi connectivity index (χ0v) is 11.2. The van der Waals surface area contributed by atoms with Crippen LogP contribution in [0.2, 0.25) is 0 Å². The van der Waals surface area contributed by atoms with Gasteiger partial charge in [-0.25, -0.2) is 0 Å². The largest absolute Gasteiger partial charge is 0.459 e. The van der Waals surface area contributed by atoms with Crippen molar-refractivity contribution in [1.29, 1.82) is 0 Å². The maximum atomic E-state index is 11.4. The zero-order valence-electron chi connectivity index (χ0n) is 10.4. The molecular formula is C11H23NO2S. The summed E-state index contributed by atoms with van der Waals surface area (Å²) in [5.41, 5.74) is 5.29. The second-order valence-corrected chi connectivity index (χ2v) is 6.35. The molecule has 0 aromatic carbocycles. The number of nitrogens with two attached hydrogens (primary N) is 1.